The van der Waals surface area contributed by atoms with Crippen LogP contribution in [0.3, 0.4) is 0 Å². The molecule has 2 aromatic carbocycles. The van der Waals surface area contributed by atoms with Gasteiger partial charge in [-0.2, -0.15) is 0 Å². The molecule has 1 aliphatic heterocycles. The predicted octanol–water partition coefficient (Wildman–Crippen LogP) is 5.62. The number of likely N-dealkylation sites (tertiary alicyclic amines) is 1. The molecule has 4 rings (SSSR count). The molecule has 0 bridgehead atoms. The second-order valence-corrected chi connectivity index (χ2v) is 9.01. The van der Waals surface area contributed by atoms with Gasteiger partial charge in [0, 0.05) is 46.9 Å². The lowest BCUT2D eigenvalue weighted by molar-refractivity contribution is 0.0880. The van der Waals surface area contributed by atoms with Gasteiger partial charge in [-0.25, -0.2) is 0 Å². The highest BCUT2D eigenvalue weighted by Crippen LogP contribution is 2.25. The van der Waals surface area contributed by atoms with Crippen molar-refractivity contribution in [1.29, 1.82) is 0 Å². The minimum absolute atomic E-state index is 0.111. The summed E-state index contributed by atoms with van der Waals surface area (Å²) in [4.78, 5) is 16.4. The van der Waals surface area contributed by atoms with E-state index >= 15 is 0 Å². The van der Waals surface area contributed by atoms with Crippen LogP contribution in [0.5, 0.6) is 0 Å². The number of carbonyl (C=O) groups is 1. The van der Waals surface area contributed by atoms with E-state index in [1.165, 1.54) is 10.5 Å². The van der Waals surface area contributed by atoms with Gasteiger partial charge in [0.15, 0.2) is 5.76 Å². The number of rotatable bonds is 7. The number of amides is 1. The number of hydrogen-bond acceptors (Lipinski definition) is 4. The Morgan fingerprint density at radius 3 is 2.53 bits per heavy atom. The van der Waals surface area contributed by atoms with Crippen molar-refractivity contribution in [3.63, 3.8) is 0 Å². The van der Waals surface area contributed by atoms with Gasteiger partial charge in [0.05, 0.1) is 6.26 Å². The number of benzene rings is 2. The Morgan fingerprint density at radius 1 is 1.07 bits per heavy atom. The maximum Gasteiger partial charge on any atom is 0.287 e. The van der Waals surface area contributed by atoms with Gasteiger partial charge >= 0.3 is 0 Å². The Labute approximate surface area is 186 Å². The number of nitrogens with zero attached hydrogens (tertiary/aromatic N) is 1. The number of halogens is 1. The second-order valence-electron chi connectivity index (χ2n) is 7.53. The molecule has 0 aliphatic carbocycles. The van der Waals surface area contributed by atoms with Gasteiger partial charge in [0.25, 0.3) is 5.91 Å². The van der Waals surface area contributed by atoms with E-state index in [0.717, 1.165) is 43.1 Å². The molecule has 0 atom stereocenters. The topological polar surface area (TPSA) is 45.5 Å². The monoisotopic (exact) mass is 440 g/mol. The first-order valence-electron chi connectivity index (χ1n) is 10.2. The van der Waals surface area contributed by atoms with E-state index in [-0.39, 0.29) is 11.9 Å². The Bertz CT molecular complexity index is 951. The van der Waals surface area contributed by atoms with Crippen LogP contribution < -0.4 is 5.32 Å². The molecule has 3 aromatic rings. The molecule has 0 saturated carbocycles. The zero-order valence-electron chi connectivity index (χ0n) is 16.7. The summed E-state index contributed by atoms with van der Waals surface area (Å²) in [7, 11) is 0. The van der Waals surface area contributed by atoms with Crippen LogP contribution in [0.1, 0.15) is 34.5 Å². The van der Waals surface area contributed by atoms with Gasteiger partial charge in [-0.1, -0.05) is 41.9 Å². The molecule has 4 nitrogen and oxygen atoms in total. The smallest absolute Gasteiger partial charge is 0.287 e. The average molecular weight is 441 g/mol. The molecule has 1 fully saturated rings. The van der Waals surface area contributed by atoms with Crippen LogP contribution >= 0.6 is 23.4 Å². The zero-order chi connectivity index (χ0) is 20.8. The van der Waals surface area contributed by atoms with Gasteiger partial charge in [-0.15, -0.1) is 11.8 Å². The molecule has 1 aliphatic rings. The normalized spacial score (nSPS) is 15.2. The molecule has 0 unspecified atom stereocenters. The molecule has 30 heavy (non-hydrogen) atoms. The molecular formula is C24H25ClN2O2S. The van der Waals surface area contributed by atoms with Crippen LogP contribution in [0.4, 0.5) is 0 Å². The fraction of sp³-hybridized carbons (Fsp3) is 0.292. The van der Waals surface area contributed by atoms with Gasteiger partial charge in [-0.3, -0.25) is 9.69 Å². The molecular weight excluding hydrogens is 416 g/mol. The van der Waals surface area contributed by atoms with Crippen LogP contribution in [-0.2, 0) is 12.3 Å². The van der Waals surface area contributed by atoms with Crippen molar-refractivity contribution in [1.82, 2.24) is 10.2 Å². The van der Waals surface area contributed by atoms with E-state index in [1.807, 2.05) is 36.4 Å². The molecule has 156 valence electrons. The summed E-state index contributed by atoms with van der Waals surface area (Å²) < 4.78 is 5.52. The van der Waals surface area contributed by atoms with Crippen molar-refractivity contribution in [2.75, 3.05) is 13.1 Å². The van der Waals surface area contributed by atoms with Gasteiger partial charge < -0.3 is 9.73 Å². The summed E-state index contributed by atoms with van der Waals surface area (Å²) in [6.45, 7) is 2.84. The predicted molar refractivity (Wildman–Crippen MR) is 122 cm³/mol. The first kappa shape index (κ1) is 21.0. The maximum absolute atomic E-state index is 12.8. The summed E-state index contributed by atoms with van der Waals surface area (Å²) >= 11 is 7.67. The van der Waals surface area contributed by atoms with Gasteiger partial charge in [0.2, 0.25) is 0 Å². The van der Waals surface area contributed by atoms with E-state index in [0.29, 0.717) is 11.5 Å². The zero-order valence-corrected chi connectivity index (χ0v) is 18.3. The highest BCUT2D eigenvalue weighted by atomic mass is 35.5. The number of piperidine rings is 1. The minimum Gasteiger partial charge on any atom is -0.459 e. The largest absolute Gasteiger partial charge is 0.459 e. The van der Waals surface area contributed by atoms with E-state index in [9.17, 15) is 4.79 Å². The van der Waals surface area contributed by atoms with E-state index in [1.54, 1.807) is 18.0 Å². The van der Waals surface area contributed by atoms with Crippen LogP contribution in [0.15, 0.2) is 76.2 Å². The van der Waals surface area contributed by atoms with Crippen molar-refractivity contribution in [3.8, 4) is 0 Å². The third-order valence-electron chi connectivity index (χ3n) is 5.33. The fourth-order valence-electron chi connectivity index (χ4n) is 3.66. The van der Waals surface area contributed by atoms with Gasteiger partial charge in [0.1, 0.15) is 0 Å². The standard InChI is InChI=1S/C24H25ClN2O2S/c25-20-8-6-18(7-9-20)16-27-13-10-21(11-14-27)26-24(28)23-19(12-15-29-23)17-30-22-4-2-1-3-5-22/h1-9,12,15,21H,10-11,13-14,16-17H2,(H,26,28). The minimum atomic E-state index is -0.111. The second kappa shape index (κ2) is 10.2. The Hall–Kier alpha value is -2.21. The lowest BCUT2D eigenvalue weighted by Crippen LogP contribution is -2.44. The van der Waals surface area contributed by atoms with Crippen molar-refractivity contribution in [3.05, 3.63) is 88.8 Å². The summed E-state index contributed by atoms with van der Waals surface area (Å²) in [5.74, 6) is 1.03. The molecule has 1 saturated heterocycles. The quantitative estimate of drug-likeness (QED) is 0.484. The van der Waals surface area contributed by atoms with Crippen molar-refractivity contribution in [2.45, 2.75) is 36.1 Å². The van der Waals surface area contributed by atoms with Crippen molar-refractivity contribution < 1.29 is 9.21 Å². The van der Waals surface area contributed by atoms with Crippen LogP contribution in [-0.4, -0.2) is 29.9 Å². The average Bonchev–Trinajstić information content (AvgIpc) is 3.25. The molecule has 1 N–H and O–H groups in total. The molecule has 1 aromatic heterocycles. The number of thioether (sulfide) groups is 1. The Kier molecular flexibility index (Phi) is 7.16. The van der Waals surface area contributed by atoms with E-state index in [2.05, 4.69) is 34.5 Å². The Balaban J connectivity index is 1.26. The first-order chi connectivity index (χ1) is 14.7. The lowest BCUT2D eigenvalue weighted by Gasteiger charge is -2.32. The summed E-state index contributed by atoms with van der Waals surface area (Å²) in [5.41, 5.74) is 2.19. The maximum atomic E-state index is 12.8. The van der Waals surface area contributed by atoms with Crippen molar-refractivity contribution >= 4 is 29.3 Å². The SMILES string of the molecule is O=C(NC1CCN(Cc2ccc(Cl)cc2)CC1)c1occc1CSc1ccccc1. The molecule has 6 heteroatoms. The van der Waals surface area contributed by atoms with Crippen LogP contribution in [0, 0.1) is 0 Å². The first-order valence-corrected chi connectivity index (χ1v) is 11.6. The van der Waals surface area contributed by atoms with Crippen LogP contribution in [0.25, 0.3) is 0 Å². The molecule has 0 radical (unpaired) electrons. The van der Waals surface area contributed by atoms with E-state index in [4.69, 9.17) is 16.0 Å². The number of nitrogens with one attached hydrogen (secondary N) is 1. The van der Waals surface area contributed by atoms with Gasteiger partial charge in [-0.05, 0) is 48.7 Å². The Morgan fingerprint density at radius 2 is 1.80 bits per heavy atom. The number of hydrogen-bond donors (Lipinski definition) is 1. The number of carbonyl (C=O) groups excluding carboxylic acids is 1. The fourth-order valence-corrected chi connectivity index (χ4v) is 4.69. The third kappa shape index (κ3) is 5.69. The number of furan rings is 1. The third-order valence-corrected chi connectivity index (χ3v) is 6.65. The molecule has 2 heterocycles. The summed E-state index contributed by atoms with van der Waals surface area (Å²) in [6.07, 6.45) is 3.48. The van der Waals surface area contributed by atoms with Crippen LogP contribution in [0.2, 0.25) is 5.02 Å². The highest BCUT2D eigenvalue weighted by Gasteiger charge is 2.23. The molecule has 0 spiro atoms. The lowest BCUT2D eigenvalue weighted by atomic mass is 10.0. The van der Waals surface area contributed by atoms with Crippen molar-refractivity contribution in [2.24, 2.45) is 0 Å². The molecule has 1 amide bonds. The highest BCUT2D eigenvalue weighted by molar-refractivity contribution is 7.98. The van der Waals surface area contributed by atoms with E-state index < -0.39 is 0 Å². The summed E-state index contributed by atoms with van der Waals surface area (Å²) in [5, 5.41) is 3.93. The summed E-state index contributed by atoms with van der Waals surface area (Å²) in [6, 6.07) is 20.3.